The number of cyclic esters (lactones) is 1. The number of ether oxygens (including phenoxy) is 1. The predicted octanol–water partition coefficient (Wildman–Crippen LogP) is 3.41. The molecule has 0 unspecified atom stereocenters. The topological polar surface area (TPSA) is 29.5 Å². The molecule has 1 aromatic carbocycles. The molecule has 1 fully saturated rings. The second-order valence-electron chi connectivity index (χ2n) is 4.03. The number of halogens is 1. The van der Waals surface area contributed by atoms with Gasteiger partial charge in [0.25, 0.3) is 0 Å². The lowest BCUT2D eigenvalue weighted by Crippen LogP contribution is -2.38. The lowest BCUT2D eigenvalue weighted by Gasteiger charge is -2.28. The quantitative estimate of drug-likeness (QED) is 0.791. The number of rotatable bonds is 1. The van der Waals surface area contributed by atoms with Gasteiger partial charge in [0.15, 0.2) is 0 Å². The lowest BCUT2D eigenvalue weighted by atomic mass is 10.1. The van der Waals surface area contributed by atoms with Crippen LogP contribution in [0.1, 0.15) is 17.5 Å². The third kappa shape index (κ3) is 2.07. The molecular weight excluding hydrogens is 270 g/mol. The molecule has 86 valence electrons. The fourth-order valence-electron chi connectivity index (χ4n) is 2.00. The summed E-state index contributed by atoms with van der Waals surface area (Å²) >= 11 is 3.51. The maximum Gasteiger partial charge on any atom is 0.414 e. The summed E-state index contributed by atoms with van der Waals surface area (Å²) in [5.74, 6) is 0. The Bertz CT molecular complexity index is 408. The Balaban J connectivity index is 2.42. The van der Waals surface area contributed by atoms with E-state index in [1.54, 1.807) is 4.90 Å². The third-order valence-corrected chi connectivity index (χ3v) is 3.24. The molecule has 2 rings (SSSR count). The Morgan fingerprint density at radius 1 is 1.38 bits per heavy atom. The molecule has 0 radical (unpaired) electrons. The van der Waals surface area contributed by atoms with E-state index in [4.69, 9.17) is 4.74 Å². The number of anilines is 1. The molecule has 0 aromatic heterocycles. The van der Waals surface area contributed by atoms with Crippen molar-refractivity contribution in [3.05, 3.63) is 27.7 Å². The second kappa shape index (κ2) is 4.45. The van der Waals surface area contributed by atoms with Crippen LogP contribution in [0, 0.1) is 13.8 Å². The van der Waals surface area contributed by atoms with Crippen LogP contribution in [0.5, 0.6) is 0 Å². The highest BCUT2D eigenvalue weighted by atomic mass is 79.9. The summed E-state index contributed by atoms with van der Waals surface area (Å²) in [5.41, 5.74) is 3.19. The van der Waals surface area contributed by atoms with E-state index in [0.29, 0.717) is 6.61 Å². The Hall–Kier alpha value is -1.03. The van der Waals surface area contributed by atoms with E-state index in [1.807, 2.05) is 19.9 Å². The number of hydrogen-bond acceptors (Lipinski definition) is 2. The van der Waals surface area contributed by atoms with Crippen molar-refractivity contribution in [2.24, 2.45) is 0 Å². The van der Waals surface area contributed by atoms with Crippen molar-refractivity contribution in [3.63, 3.8) is 0 Å². The molecule has 0 aliphatic carbocycles. The third-order valence-electron chi connectivity index (χ3n) is 2.64. The van der Waals surface area contributed by atoms with Gasteiger partial charge in [0.1, 0.15) is 0 Å². The second-order valence-corrected chi connectivity index (χ2v) is 4.89. The van der Waals surface area contributed by atoms with Gasteiger partial charge in [-0.2, -0.15) is 0 Å². The van der Waals surface area contributed by atoms with Crippen molar-refractivity contribution < 1.29 is 9.53 Å². The van der Waals surface area contributed by atoms with Gasteiger partial charge in [0.05, 0.1) is 12.3 Å². The maximum atomic E-state index is 11.7. The Morgan fingerprint density at radius 3 is 2.75 bits per heavy atom. The van der Waals surface area contributed by atoms with Crippen molar-refractivity contribution in [1.82, 2.24) is 0 Å². The van der Waals surface area contributed by atoms with Crippen LogP contribution in [0.4, 0.5) is 10.5 Å². The minimum Gasteiger partial charge on any atom is -0.449 e. The zero-order valence-corrected chi connectivity index (χ0v) is 11.0. The van der Waals surface area contributed by atoms with Crippen LogP contribution >= 0.6 is 15.9 Å². The van der Waals surface area contributed by atoms with Gasteiger partial charge in [-0.1, -0.05) is 6.07 Å². The van der Waals surface area contributed by atoms with Crippen LogP contribution in [0.2, 0.25) is 0 Å². The standard InChI is InChI=1S/C12H14BrNO2/c1-8-6-9(2)11(10(13)7-8)14-4-3-5-16-12(14)15/h6-7H,3-5H2,1-2H3. The fraction of sp³-hybridized carbons (Fsp3) is 0.417. The van der Waals surface area contributed by atoms with Gasteiger partial charge in [-0.3, -0.25) is 4.90 Å². The van der Waals surface area contributed by atoms with E-state index in [1.165, 1.54) is 5.56 Å². The minimum atomic E-state index is -0.251. The highest BCUT2D eigenvalue weighted by Crippen LogP contribution is 2.32. The predicted molar refractivity (Wildman–Crippen MR) is 66.9 cm³/mol. The van der Waals surface area contributed by atoms with Crippen molar-refractivity contribution in [1.29, 1.82) is 0 Å². The lowest BCUT2D eigenvalue weighted by molar-refractivity contribution is 0.140. The first-order chi connectivity index (χ1) is 7.59. The zero-order chi connectivity index (χ0) is 11.7. The molecule has 1 aliphatic rings. The van der Waals surface area contributed by atoms with Gasteiger partial charge in [0, 0.05) is 11.0 Å². The number of carbonyl (C=O) groups is 1. The summed E-state index contributed by atoms with van der Waals surface area (Å²) < 4.78 is 6.00. The van der Waals surface area contributed by atoms with E-state index in [-0.39, 0.29) is 6.09 Å². The van der Waals surface area contributed by atoms with Gasteiger partial charge in [-0.25, -0.2) is 4.79 Å². The molecule has 3 nitrogen and oxygen atoms in total. The van der Waals surface area contributed by atoms with Crippen molar-refractivity contribution >= 4 is 27.7 Å². The van der Waals surface area contributed by atoms with Crippen molar-refractivity contribution in [3.8, 4) is 0 Å². The summed E-state index contributed by atoms with van der Waals surface area (Å²) in [4.78, 5) is 13.4. The Morgan fingerprint density at radius 2 is 2.12 bits per heavy atom. The number of hydrogen-bond donors (Lipinski definition) is 0. The molecule has 1 heterocycles. The van der Waals surface area contributed by atoms with Gasteiger partial charge in [-0.15, -0.1) is 0 Å². The number of amides is 1. The maximum absolute atomic E-state index is 11.7. The first kappa shape index (κ1) is 11.5. The summed E-state index contributed by atoms with van der Waals surface area (Å²) in [7, 11) is 0. The fourth-order valence-corrected chi connectivity index (χ4v) is 2.89. The molecule has 0 bridgehead atoms. The molecule has 0 spiro atoms. The number of benzene rings is 1. The molecule has 0 N–H and O–H groups in total. The average Bonchev–Trinajstić information content (AvgIpc) is 2.19. The largest absolute Gasteiger partial charge is 0.449 e. The molecule has 0 saturated carbocycles. The summed E-state index contributed by atoms with van der Waals surface area (Å²) in [6.07, 6.45) is 0.629. The van der Waals surface area contributed by atoms with Gasteiger partial charge >= 0.3 is 6.09 Å². The van der Waals surface area contributed by atoms with E-state index < -0.39 is 0 Å². The van der Waals surface area contributed by atoms with E-state index in [2.05, 4.69) is 22.0 Å². The van der Waals surface area contributed by atoms with Crippen molar-refractivity contribution in [2.45, 2.75) is 20.3 Å². The highest BCUT2D eigenvalue weighted by Gasteiger charge is 2.24. The molecule has 1 aliphatic heterocycles. The van der Waals surface area contributed by atoms with Crippen LogP contribution in [-0.4, -0.2) is 19.2 Å². The smallest absolute Gasteiger partial charge is 0.414 e. The number of carbonyl (C=O) groups excluding carboxylic acids is 1. The minimum absolute atomic E-state index is 0.251. The van der Waals surface area contributed by atoms with Gasteiger partial charge in [0.2, 0.25) is 0 Å². The monoisotopic (exact) mass is 283 g/mol. The van der Waals surface area contributed by atoms with Gasteiger partial charge in [-0.05, 0) is 53.4 Å². The Kier molecular flexibility index (Phi) is 3.19. The van der Waals surface area contributed by atoms with E-state index in [9.17, 15) is 4.79 Å². The van der Waals surface area contributed by atoms with Crippen LogP contribution < -0.4 is 4.90 Å². The van der Waals surface area contributed by atoms with Gasteiger partial charge < -0.3 is 4.74 Å². The van der Waals surface area contributed by atoms with Crippen LogP contribution in [-0.2, 0) is 4.74 Å². The molecule has 1 aromatic rings. The first-order valence-corrected chi connectivity index (χ1v) is 6.10. The van der Waals surface area contributed by atoms with Crippen LogP contribution in [0.15, 0.2) is 16.6 Å². The Labute approximate surface area is 104 Å². The van der Waals surface area contributed by atoms with Crippen LogP contribution in [0.25, 0.3) is 0 Å². The molecule has 4 heteroatoms. The van der Waals surface area contributed by atoms with Crippen molar-refractivity contribution in [2.75, 3.05) is 18.1 Å². The first-order valence-electron chi connectivity index (χ1n) is 5.30. The molecular formula is C12H14BrNO2. The summed E-state index contributed by atoms with van der Waals surface area (Å²) in [6, 6.07) is 4.09. The highest BCUT2D eigenvalue weighted by molar-refractivity contribution is 9.10. The average molecular weight is 284 g/mol. The molecule has 0 atom stereocenters. The summed E-state index contributed by atoms with van der Waals surface area (Å²) in [6.45, 7) is 5.30. The normalized spacial score (nSPS) is 16.2. The summed E-state index contributed by atoms with van der Waals surface area (Å²) in [5, 5.41) is 0. The van der Waals surface area contributed by atoms with E-state index >= 15 is 0 Å². The molecule has 1 saturated heterocycles. The van der Waals surface area contributed by atoms with E-state index in [0.717, 1.165) is 28.7 Å². The number of aryl methyl sites for hydroxylation is 2. The van der Waals surface area contributed by atoms with Crippen LogP contribution in [0.3, 0.4) is 0 Å². The zero-order valence-electron chi connectivity index (χ0n) is 9.42. The SMILES string of the molecule is Cc1cc(C)c(N2CCCOC2=O)c(Br)c1. The molecule has 16 heavy (non-hydrogen) atoms. The molecule has 1 amide bonds. The number of nitrogens with zero attached hydrogens (tertiary/aromatic N) is 1.